The van der Waals surface area contributed by atoms with Crippen molar-refractivity contribution in [3.05, 3.63) is 33.9 Å². The van der Waals surface area contributed by atoms with E-state index in [4.69, 9.17) is 33.7 Å². The van der Waals surface area contributed by atoms with E-state index in [0.29, 0.717) is 18.2 Å². The smallest absolute Gasteiger partial charge is 0.258 e. The summed E-state index contributed by atoms with van der Waals surface area (Å²) in [6.45, 7) is 0. The lowest BCUT2D eigenvalue weighted by molar-refractivity contribution is -0.384. The van der Waals surface area contributed by atoms with E-state index in [1.54, 1.807) is 0 Å². The minimum atomic E-state index is -4.66. The molecule has 0 unspecified atom stereocenters. The molecule has 1 aromatic rings. The van der Waals surface area contributed by atoms with Crippen molar-refractivity contribution in [3.63, 3.8) is 0 Å². The SMILES string of the molecule is O=[N+]([O-])c1ccc(C(F)(F)F)cc1N=P(Cl)(Cl)Cl. The lowest BCUT2D eigenvalue weighted by atomic mass is 10.1. The Kier molecular flexibility index (Phi) is 4.54. The van der Waals surface area contributed by atoms with Gasteiger partial charge in [-0.3, -0.25) is 10.1 Å². The monoisotopic (exact) mass is 340 g/mol. The zero-order valence-electron chi connectivity index (χ0n) is 8.16. The van der Waals surface area contributed by atoms with Crippen molar-refractivity contribution in [3.8, 4) is 0 Å². The van der Waals surface area contributed by atoms with Gasteiger partial charge in [-0.15, -0.1) is 0 Å². The van der Waals surface area contributed by atoms with Gasteiger partial charge in [-0.25, -0.2) is 4.74 Å². The summed E-state index contributed by atoms with van der Waals surface area (Å²) in [6.07, 6.45) is -4.66. The Morgan fingerprint density at radius 2 is 1.83 bits per heavy atom. The number of hydrogen-bond acceptors (Lipinski definition) is 3. The average Bonchev–Trinajstić information content (AvgIpc) is 2.12. The lowest BCUT2D eigenvalue weighted by Gasteiger charge is -2.08. The molecule has 0 aromatic heterocycles. The molecule has 1 aromatic carbocycles. The van der Waals surface area contributed by atoms with E-state index in [2.05, 4.69) is 4.74 Å². The first-order valence-corrected chi connectivity index (χ1v) is 8.53. The molecule has 11 heteroatoms. The second-order valence-electron chi connectivity index (χ2n) is 2.98. The Labute approximate surface area is 113 Å². The van der Waals surface area contributed by atoms with E-state index in [9.17, 15) is 23.3 Å². The number of nitrogens with zero attached hydrogens (tertiary/aromatic N) is 2. The van der Waals surface area contributed by atoms with Crippen LogP contribution in [0.5, 0.6) is 0 Å². The number of halogens is 6. The molecule has 100 valence electrons. The van der Waals surface area contributed by atoms with Gasteiger partial charge < -0.3 is 0 Å². The van der Waals surface area contributed by atoms with Crippen molar-refractivity contribution in [2.45, 2.75) is 6.18 Å². The molecule has 18 heavy (non-hydrogen) atoms. The molecule has 0 aliphatic heterocycles. The van der Waals surface area contributed by atoms with Crippen molar-refractivity contribution in [1.82, 2.24) is 0 Å². The molecule has 0 saturated carbocycles. The van der Waals surface area contributed by atoms with Gasteiger partial charge in [0.1, 0.15) is 5.69 Å². The number of nitro groups is 1. The highest BCUT2D eigenvalue weighted by Crippen LogP contribution is 2.67. The van der Waals surface area contributed by atoms with Crippen LogP contribution < -0.4 is 0 Å². The van der Waals surface area contributed by atoms with E-state index in [-0.39, 0.29) is 0 Å². The summed E-state index contributed by atoms with van der Waals surface area (Å²) in [5.74, 6) is 0. The molecule has 4 nitrogen and oxygen atoms in total. The Bertz CT molecular complexity index is 535. The van der Waals surface area contributed by atoms with Crippen LogP contribution in [0.1, 0.15) is 5.56 Å². The highest BCUT2D eigenvalue weighted by Gasteiger charge is 2.32. The van der Waals surface area contributed by atoms with Crippen molar-refractivity contribution in [1.29, 1.82) is 0 Å². The molecule has 0 N–H and O–H groups in total. The van der Waals surface area contributed by atoms with Crippen LogP contribution in [0.3, 0.4) is 0 Å². The summed E-state index contributed by atoms with van der Waals surface area (Å²) >= 11 is 16.1. The molecule has 0 aliphatic rings. The molecule has 0 atom stereocenters. The normalized spacial score (nSPS) is 12.3. The summed E-state index contributed by atoms with van der Waals surface area (Å²) < 4.78 is 40.6. The van der Waals surface area contributed by atoms with Crippen molar-refractivity contribution in [2.24, 2.45) is 4.74 Å². The summed E-state index contributed by atoms with van der Waals surface area (Å²) in [4.78, 5) is 9.71. The molecular formula is C7H3Cl3F3N2O2P. The topological polar surface area (TPSA) is 55.5 Å². The number of alkyl halides is 3. The fourth-order valence-electron chi connectivity index (χ4n) is 1.06. The van der Waals surface area contributed by atoms with Gasteiger partial charge in [0, 0.05) is 6.07 Å². The maximum Gasteiger partial charge on any atom is 0.416 e. The van der Waals surface area contributed by atoms with Crippen LogP contribution >= 0.6 is 38.8 Å². The second-order valence-corrected chi connectivity index (χ2v) is 9.97. The van der Waals surface area contributed by atoms with Crippen molar-refractivity contribution < 1.29 is 18.1 Å². The van der Waals surface area contributed by atoms with Crippen LogP contribution in [0.15, 0.2) is 22.9 Å². The maximum absolute atomic E-state index is 12.4. The van der Waals surface area contributed by atoms with Gasteiger partial charge in [-0.2, -0.15) is 13.2 Å². The molecule has 0 bridgehead atoms. The van der Waals surface area contributed by atoms with Crippen LogP contribution in [0, 0.1) is 10.1 Å². The van der Waals surface area contributed by atoms with Gasteiger partial charge in [0.25, 0.3) is 5.69 Å². The quantitative estimate of drug-likeness (QED) is 0.381. The third kappa shape index (κ3) is 4.31. The van der Waals surface area contributed by atoms with E-state index in [1.165, 1.54) is 0 Å². The molecule has 0 fully saturated rings. The Balaban J connectivity index is 3.48. The Morgan fingerprint density at radius 3 is 2.22 bits per heavy atom. The fourth-order valence-corrected chi connectivity index (χ4v) is 2.19. The van der Waals surface area contributed by atoms with Crippen molar-refractivity contribution >= 4 is 50.2 Å². The van der Waals surface area contributed by atoms with E-state index >= 15 is 0 Å². The lowest BCUT2D eigenvalue weighted by Crippen LogP contribution is -2.04. The second kappa shape index (κ2) is 5.25. The average molecular weight is 341 g/mol. The molecule has 0 spiro atoms. The van der Waals surface area contributed by atoms with Crippen LogP contribution in [-0.2, 0) is 6.18 Å². The summed E-state index contributed by atoms with van der Waals surface area (Å²) in [5.41, 5.74) is -2.37. The highest BCUT2D eigenvalue weighted by atomic mass is 36.0. The standard InChI is InChI=1S/C7H3Cl3F3N2O2P/c8-18(9,10)14-5-3-4(7(11,12)13)1-2-6(5)15(16)17/h1-3H. The number of rotatable bonds is 2. The van der Waals surface area contributed by atoms with Crippen molar-refractivity contribution in [2.75, 3.05) is 0 Å². The third-order valence-corrected chi connectivity index (χ3v) is 2.84. The van der Waals surface area contributed by atoms with Gasteiger partial charge in [-0.05, 0) is 45.9 Å². The first kappa shape index (κ1) is 15.6. The maximum atomic E-state index is 12.4. The molecule has 0 saturated heterocycles. The molecule has 0 amide bonds. The van der Waals surface area contributed by atoms with Gasteiger partial charge in [-0.1, -0.05) is 0 Å². The van der Waals surface area contributed by atoms with Crippen LogP contribution in [-0.4, -0.2) is 4.92 Å². The zero-order valence-corrected chi connectivity index (χ0v) is 11.3. The number of hydrogen-bond donors (Lipinski definition) is 0. The Morgan fingerprint density at radius 1 is 1.28 bits per heavy atom. The first-order chi connectivity index (χ1) is 8.00. The molecule has 0 radical (unpaired) electrons. The minimum absolute atomic E-state index is 0.472. The fraction of sp³-hybridized carbons (Fsp3) is 0.143. The summed E-state index contributed by atoms with van der Waals surface area (Å²) in [7, 11) is 0. The predicted octanol–water partition coefficient (Wildman–Crippen LogP) is 5.91. The van der Waals surface area contributed by atoms with Gasteiger partial charge in [0.15, 0.2) is 0 Å². The number of nitro benzene ring substituents is 1. The first-order valence-electron chi connectivity index (χ1n) is 4.07. The molecular weight excluding hydrogens is 338 g/mol. The van der Waals surface area contributed by atoms with Gasteiger partial charge in [0.2, 0.25) is 5.11 Å². The highest BCUT2D eigenvalue weighted by molar-refractivity contribution is 8.26. The molecule has 1 rings (SSSR count). The van der Waals surface area contributed by atoms with Gasteiger partial charge in [0.05, 0.1) is 10.5 Å². The van der Waals surface area contributed by atoms with Gasteiger partial charge >= 0.3 is 6.18 Å². The van der Waals surface area contributed by atoms with E-state index < -0.39 is 33.2 Å². The molecule has 0 heterocycles. The predicted molar refractivity (Wildman–Crippen MR) is 64.7 cm³/mol. The number of benzene rings is 1. The van der Waals surface area contributed by atoms with Crippen LogP contribution in [0.25, 0.3) is 0 Å². The van der Waals surface area contributed by atoms with Crippen LogP contribution in [0.2, 0.25) is 0 Å². The largest absolute Gasteiger partial charge is 0.416 e. The summed E-state index contributed by atoms with van der Waals surface area (Å²) in [6, 6.07) is 1.70. The summed E-state index contributed by atoms with van der Waals surface area (Å²) in [5, 5.41) is 7.21. The molecule has 0 aliphatic carbocycles. The zero-order chi connectivity index (χ0) is 14.1. The van der Waals surface area contributed by atoms with E-state index in [1.807, 2.05) is 0 Å². The minimum Gasteiger partial charge on any atom is -0.258 e. The van der Waals surface area contributed by atoms with E-state index in [0.717, 1.165) is 0 Å². The third-order valence-electron chi connectivity index (χ3n) is 1.72. The van der Waals surface area contributed by atoms with Crippen LogP contribution in [0.4, 0.5) is 24.5 Å². The Hall–Kier alpha value is -0.490.